The molecule has 3 heteroatoms. The fourth-order valence-corrected chi connectivity index (χ4v) is 11.6. The second kappa shape index (κ2) is 16.0. The van der Waals surface area contributed by atoms with E-state index in [0.717, 1.165) is 72.6 Å². The summed E-state index contributed by atoms with van der Waals surface area (Å²) in [5.74, 6) is 0. The molecule has 14 rings (SSSR count). The molecule has 1 aromatic heterocycles. The maximum Gasteiger partial charge on any atom is 0.0727 e. The van der Waals surface area contributed by atoms with E-state index in [9.17, 15) is 2.74 Å². The molecule has 12 aromatic rings. The van der Waals surface area contributed by atoms with E-state index in [1.165, 1.54) is 27.8 Å². The van der Waals surface area contributed by atoms with Crippen LogP contribution >= 0.6 is 0 Å². The monoisotopic (exact) mass is 896 g/mol. The van der Waals surface area contributed by atoms with E-state index < -0.39 is 11.5 Å². The molecule has 1 atom stereocenters. The first-order valence-corrected chi connectivity index (χ1v) is 23.8. The molecule has 2 aliphatic carbocycles. The van der Waals surface area contributed by atoms with Gasteiger partial charge in [-0.15, -0.1) is 0 Å². The zero-order valence-electron chi connectivity index (χ0n) is 42.9. The molecular weight excluding hydrogens is 847 g/mol. The number of fused-ring (bicyclic) bond motifs is 13. The van der Waals surface area contributed by atoms with Gasteiger partial charge in [-0.25, -0.2) is 0 Å². The normalized spacial score (nSPS) is 15.1. The van der Waals surface area contributed by atoms with Crippen LogP contribution in [0.1, 0.15) is 29.1 Å². The number of aromatic nitrogens is 1. The first-order chi connectivity index (χ1) is 36.8. The number of benzene rings is 11. The topological polar surface area (TPSA) is 11.4 Å². The van der Waals surface area contributed by atoms with Crippen molar-refractivity contribution in [1.82, 2.24) is 4.57 Å². The van der Waals surface area contributed by atoms with E-state index in [-0.39, 0.29) is 29.7 Å². The maximum absolute atomic E-state index is 9.28. The van der Waals surface area contributed by atoms with Gasteiger partial charge in [0.1, 0.15) is 0 Å². The quantitative estimate of drug-likeness (QED) is 0.151. The molecule has 11 aromatic carbocycles. The number of para-hydroxylation sites is 5. The van der Waals surface area contributed by atoms with Crippen LogP contribution in [0.4, 0.5) is 34.1 Å². The fourth-order valence-electron chi connectivity index (χ4n) is 11.6. The highest BCUT2D eigenvalue weighted by molar-refractivity contribution is 6.11. The summed E-state index contributed by atoms with van der Waals surface area (Å²) in [6, 6.07) is 83.9. The average Bonchev–Trinajstić information content (AvgIpc) is 4.24. The zero-order chi connectivity index (χ0) is 50.5. The molecule has 0 radical (unpaired) electrons. The van der Waals surface area contributed by atoms with Gasteiger partial charge >= 0.3 is 0 Å². The summed E-state index contributed by atoms with van der Waals surface area (Å²) in [6.07, 6.45) is 0. The van der Waals surface area contributed by atoms with Crippen LogP contribution in [0, 0.1) is 0 Å². The van der Waals surface area contributed by atoms with E-state index in [2.05, 4.69) is 227 Å². The Morgan fingerprint density at radius 3 is 1.44 bits per heavy atom. The molecule has 0 bridgehead atoms. The largest absolute Gasteiger partial charge is 0.310 e. The summed E-state index contributed by atoms with van der Waals surface area (Å²) in [6.45, 7) is 0. The van der Waals surface area contributed by atoms with Crippen molar-refractivity contribution in [3.8, 4) is 39.1 Å². The molecule has 70 heavy (non-hydrogen) atoms. The molecule has 1 heterocycles. The molecule has 1 unspecified atom stereocenters. The van der Waals surface area contributed by atoms with Crippen LogP contribution in [-0.2, 0) is 5.41 Å². The lowest BCUT2D eigenvalue weighted by molar-refractivity contribution is 0.793. The molecule has 328 valence electrons. The van der Waals surface area contributed by atoms with Crippen molar-refractivity contribution in [2.24, 2.45) is 0 Å². The Morgan fingerprint density at radius 1 is 0.329 bits per heavy atom. The van der Waals surface area contributed by atoms with E-state index >= 15 is 0 Å². The van der Waals surface area contributed by atoms with Crippen molar-refractivity contribution in [3.63, 3.8) is 0 Å². The van der Waals surface area contributed by atoms with Crippen molar-refractivity contribution < 1.29 is 6.85 Å². The first-order valence-electron chi connectivity index (χ1n) is 26.3. The lowest BCUT2D eigenvalue weighted by Crippen LogP contribution is -2.26. The van der Waals surface area contributed by atoms with Crippen LogP contribution in [0.3, 0.4) is 0 Å². The molecule has 0 fully saturated rings. The molecule has 0 aliphatic heterocycles. The summed E-state index contributed by atoms with van der Waals surface area (Å²) in [5, 5.41) is 2.14. The Hall–Kier alpha value is -9.18. The minimum Gasteiger partial charge on any atom is -0.310 e. The minimum atomic E-state index is -0.742. The number of hydrogen-bond acceptors (Lipinski definition) is 2. The average molecular weight is 897 g/mol. The Morgan fingerprint density at radius 2 is 0.800 bits per heavy atom. The molecule has 0 saturated heterocycles. The highest BCUT2D eigenvalue weighted by atomic mass is 15.2. The predicted molar refractivity (Wildman–Crippen MR) is 292 cm³/mol. The predicted octanol–water partition coefficient (Wildman–Crippen LogP) is 17.7. The maximum atomic E-state index is 9.28. The molecule has 0 saturated carbocycles. The van der Waals surface area contributed by atoms with Gasteiger partial charge in [0, 0.05) is 50.5 Å². The van der Waals surface area contributed by atoms with Crippen molar-refractivity contribution in [2.45, 2.75) is 5.41 Å². The summed E-state index contributed by atoms with van der Waals surface area (Å²) in [7, 11) is 0. The SMILES string of the molecule is [2H]c1c([2H])c([2H])c(-c2ccccc2N(c2ccc3c(c2)C2(c4ccccc4-c4ccc(N(c5ccccc5)c5ccccc5)cc42)c2ccccc2-3)c2ccc3c(c2)c2ccccc2n3-c2ccccc2)c([2H])c1[2H]. The third-order valence-corrected chi connectivity index (χ3v) is 14.4. The smallest absolute Gasteiger partial charge is 0.0727 e. The van der Waals surface area contributed by atoms with Crippen molar-refractivity contribution in [2.75, 3.05) is 9.80 Å². The van der Waals surface area contributed by atoms with Crippen LogP contribution in [0.5, 0.6) is 0 Å². The van der Waals surface area contributed by atoms with E-state index in [1.807, 2.05) is 30.3 Å². The summed E-state index contributed by atoms with van der Waals surface area (Å²) in [5.41, 5.74) is 18.0. The summed E-state index contributed by atoms with van der Waals surface area (Å²) in [4.78, 5) is 4.55. The van der Waals surface area contributed by atoms with Gasteiger partial charge in [-0.2, -0.15) is 0 Å². The fraction of sp³-hybridized carbons (Fsp3) is 0.0149. The molecular formula is C67H45N3. The van der Waals surface area contributed by atoms with E-state index in [1.54, 1.807) is 0 Å². The third-order valence-electron chi connectivity index (χ3n) is 14.4. The van der Waals surface area contributed by atoms with Gasteiger partial charge in [0.2, 0.25) is 0 Å². The molecule has 0 N–H and O–H groups in total. The van der Waals surface area contributed by atoms with Crippen molar-refractivity contribution >= 4 is 55.9 Å². The number of rotatable bonds is 8. The second-order valence-electron chi connectivity index (χ2n) is 18.0. The van der Waals surface area contributed by atoms with Gasteiger partial charge in [0.05, 0.1) is 29.0 Å². The highest BCUT2D eigenvalue weighted by Gasteiger charge is 2.52. The van der Waals surface area contributed by atoms with Gasteiger partial charge in [0.25, 0.3) is 0 Å². The number of nitrogens with zero attached hydrogens (tertiary/aromatic N) is 3. The van der Waals surface area contributed by atoms with Crippen LogP contribution in [0.15, 0.2) is 273 Å². The zero-order valence-corrected chi connectivity index (χ0v) is 37.9. The van der Waals surface area contributed by atoms with Crippen molar-refractivity contribution in [3.05, 3.63) is 295 Å². The van der Waals surface area contributed by atoms with Gasteiger partial charge in [-0.1, -0.05) is 182 Å². The highest BCUT2D eigenvalue weighted by Crippen LogP contribution is 2.64. The van der Waals surface area contributed by atoms with Crippen LogP contribution in [0.2, 0.25) is 0 Å². The van der Waals surface area contributed by atoms with E-state index in [0.29, 0.717) is 11.3 Å². The molecule has 2 aliphatic rings. The van der Waals surface area contributed by atoms with Crippen LogP contribution in [-0.4, -0.2) is 4.57 Å². The summed E-state index contributed by atoms with van der Waals surface area (Å²) >= 11 is 0. The van der Waals surface area contributed by atoms with Gasteiger partial charge in [0.15, 0.2) is 0 Å². The number of hydrogen-bond donors (Lipinski definition) is 0. The van der Waals surface area contributed by atoms with Crippen LogP contribution < -0.4 is 9.80 Å². The minimum absolute atomic E-state index is 0.140. The van der Waals surface area contributed by atoms with Crippen LogP contribution in [0.25, 0.3) is 60.9 Å². The molecule has 1 spiro atoms. The Labute approximate surface area is 415 Å². The van der Waals surface area contributed by atoms with Gasteiger partial charge in [-0.3, -0.25) is 0 Å². The lowest BCUT2D eigenvalue weighted by atomic mass is 9.70. The van der Waals surface area contributed by atoms with Gasteiger partial charge < -0.3 is 14.4 Å². The third kappa shape index (κ3) is 5.95. The Balaban J connectivity index is 1.05. The number of anilines is 6. The second-order valence-corrected chi connectivity index (χ2v) is 18.0. The molecule has 3 nitrogen and oxygen atoms in total. The molecule has 0 amide bonds. The van der Waals surface area contributed by atoms with Gasteiger partial charge in [-0.05, 0) is 141 Å². The van der Waals surface area contributed by atoms with E-state index in [4.69, 9.17) is 4.11 Å². The lowest BCUT2D eigenvalue weighted by Gasteiger charge is -2.33. The standard InChI is InChI=1S/C67H45N3/c1-5-21-46(22-6-1)53-29-15-19-35-64(53)69(50-39-42-66-59(43-50)58-32-16-20-36-65(58)70(66)49-27-11-4-12-28-49)52-38-41-57-55-31-14-18-34-61(55)67(63(57)45-52)60-33-17-13-30-54(60)56-40-37-51(44-62(56)67)68(47-23-7-2-8-24-47)48-25-9-3-10-26-48/h1-45H/i1D,5D,6D,21D,22D. The summed E-state index contributed by atoms with van der Waals surface area (Å²) < 4.78 is 47.0. The van der Waals surface area contributed by atoms with Crippen molar-refractivity contribution in [1.29, 1.82) is 0 Å². The first kappa shape index (κ1) is 35.0. The Kier molecular flexibility index (Phi) is 8.00. The Bertz CT molecular complexity index is 4190.